The van der Waals surface area contributed by atoms with Crippen LogP contribution in [-0.2, 0) is 0 Å². The molecule has 8 aromatic rings. The van der Waals surface area contributed by atoms with E-state index in [2.05, 4.69) is 155 Å². The van der Waals surface area contributed by atoms with Gasteiger partial charge in [-0.3, -0.25) is 4.90 Å². The average Bonchev–Trinajstić information content (AvgIpc) is 3.15. The van der Waals surface area contributed by atoms with Crippen molar-refractivity contribution in [2.45, 2.75) is 0 Å². The number of benzene rings is 7. The number of hydrogen-bond acceptors (Lipinski definition) is 3. The van der Waals surface area contributed by atoms with Crippen LogP contribution in [-0.4, -0.2) is 4.98 Å². The molecule has 1 heterocycles. The molecule has 0 unspecified atom stereocenters. The lowest BCUT2D eigenvalue weighted by Crippen LogP contribution is -2.11. The quantitative estimate of drug-likeness (QED) is 0.179. The van der Waals surface area contributed by atoms with Crippen molar-refractivity contribution in [1.82, 2.24) is 4.98 Å². The maximum Gasteiger partial charge on any atom is 0.137 e. The minimum atomic E-state index is 0.534. The second-order valence-corrected chi connectivity index (χ2v) is 11.5. The van der Waals surface area contributed by atoms with Crippen molar-refractivity contribution in [3.8, 4) is 39.4 Å². The topological polar surface area (TPSA) is 39.9 Å². The van der Waals surface area contributed by atoms with E-state index < -0.39 is 0 Å². The van der Waals surface area contributed by atoms with Gasteiger partial charge in [0.2, 0.25) is 0 Å². The van der Waals surface area contributed by atoms with Crippen LogP contribution < -0.4 is 4.90 Å². The number of pyridine rings is 1. The summed E-state index contributed by atoms with van der Waals surface area (Å²) in [7, 11) is 0. The first-order chi connectivity index (χ1) is 23.3. The highest BCUT2D eigenvalue weighted by Crippen LogP contribution is 2.44. The molecule has 0 amide bonds. The Hall–Kier alpha value is -6.50. The van der Waals surface area contributed by atoms with E-state index in [1.165, 1.54) is 49.4 Å². The summed E-state index contributed by atoms with van der Waals surface area (Å²) in [5, 5.41) is 14.2. The third-order valence-electron chi connectivity index (χ3n) is 8.75. The maximum atomic E-state index is 9.32. The number of hydrogen-bond donors (Lipinski definition) is 0. The van der Waals surface area contributed by atoms with Gasteiger partial charge in [0, 0.05) is 17.6 Å². The van der Waals surface area contributed by atoms with Crippen LogP contribution in [0.1, 0.15) is 5.56 Å². The van der Waals surface area contributed by atoms with E-state index in [1.54, 1.807) is 6.20 Å². The molecule has 220 valence electrons. The number of rotatable bonds is 6. The molecule has 0 fully saturated rings. The van der Waals surface area contributed by atoms with Crippen LogP contribution in [0.4, 0.5) is 17.2 Å². The zero-order chi connectivity index (χ0) is 31.6. The summed E-state index contributed by atoms with van der Waals surface area (Å²) in [6.45, 7) is 0. The van der Waals surface area contributed by atoms with Gasteiger partial charge < -0.3 is 0 Å². The fourth-order valence-electron chi connectivity index (χ4n) is 6.56. The molecule has 3 nitrogen and oxygen atoms in total. The molecule has 8 rings (SSSR count). The molecular formula is C44H29N3. The number of aromatic nitrogens is 1. The number of nitrogens with zero attached hydrogens (tertiary/aromatic N) is 3. The van der Waals surface area contributed by atoms with Crippen molar-refractivity contribution in [3.05, 3.63) is 182 Å². The third kappa shape index (κ3) is 5.19. The van der Waals surface area contributed by atoms with E-state index in [0.717, 1.165) is 22.8 Å². The van der Waals surface area contributed by atoms with Gasteiger partial charge in [-0.1, -0.05) is 133 Å². The Morgan fingerprint density at radius 2 is 0.830 bits per heavy atom. The minimum Gasteiger partial charge on any atom is -0.295 e. The first-order valence-corrected chi connectivity index (χ1v) is 15.7. The highest BCUT2D eigenvalue weighted by atomic mass is 15.2. The normalized spacial score (nSPS) is 11.0. The summed E-state index contributed by atoms with van der Waals surface area (Å²) in [5.41, 5.74) is 9.76. The molecule has 0 saturated heterocycles. The molecule has 0 aliphatic rings. The predicted molar refractivity (Wildman–Crippen MR) is 195 cm³/mol. The molecule has 0 atom stereocenters. The smallest absolute Gasteiger partial charge is 0.137 e. The van der Waals surface area contributed by atoms with Crippen molar-refractivity contribution >= 4 is 38.7 Å². The molecule has 0 radical (unpaired) electrons. The van der Waals surface area contributed by atoms with E-state index >= 15 is 0 Å². The van der Waals surface area contributed by atoms with Gasteiger partial charge in [-0.25, -0.2) is 4.98 Å². The number of para-hydroxylation sites is 1. The first kappa shape index (κ1) is 28.0. The van der Waals surface area contributed by atoms with Gasteiger partial charge in [0.25, 0.3) is 0 Å². The molecule has 0 aliphatic heterocycles. The van der Waals surface area contributed by atoms with Gasteiger partial charge in [0.1, 0.15) is 11.9 Å². The minimum absolute atomic E-state index is 0.534. The molecule has 0 N–H and O–H groups in total. The molecule has 1 aromatic heterocycles. The molecule has 0 saturated carbocycles. The average molecular weight is 600 g/mol. The van der Waals surface area contributed by atoms with Crippen LogP contribution in [0.25, 0.3) is 54.9 Å². The second-order valence-electron chi connectivity index (χ2n) is 11.5. The van der Waals surface area contributed by atoms with Crippen molar-refractivity contribution in [2.75, 3.05) is 4.90 Å². The highest BCUT2D eigenvalue weighted by Gasteiger charge is 2.18. The van der Waals surface area contributed by atoms with Crippen molar-refractivity contribution < 1.29 is 0 Å². The lowest BCUT2D eigenvalue weighted by atomic mass is 9.85. The number of anilines is 3. The van der Waals surface area contributed by atoms with E-state index in [1.807, 2.05) is 30.3 Å². The standard InChI is InChI=1S/C44H29N3/c45-29-31-19-28-42(46-30-31)47(36-13-5-2-6-14-36)37-26-24-35(25-27-37)44-40-17-9-7-15-38(40)43(39-16-8-10-18-41(39)44)34-22-20-33(21-23-34)32-11-3-1-4-12-32/h1-28,30H. The van der Waals surface area contributed by atoms with Crippen LogP contribution in [0.2, 0.25) is 0 Å². The predicted octanol–water partition coefficient (Wildman–Crippen LogP) is 11.7. The van der Waals surface area contributed by atoms with Gasteiger partial charge in [0.05, 0.1) is 5.56 Å². The van der Waals surface area contributed by atoms with Crippen LogP contribution in [0.15, 0.2) is 176 Å². The first-order valence-electron chi connectivity index (χ1n) is 15.7. The molecular weight excluding hydrogens is 571 g/mol. The fourth-order valence-corrected chi connectivity index (χ4v) is 6.56. The van der Waals surface area contributed by atoms with Gasteiger partial charge in [-0.15, -0.1) is 0 Å². The number of fused-ring (bicyclic) bond motifs is 2. The summed E-state index contributed by atoms with van der Waals surface area (Å²) in [6, 6.07) is 61.8. The molecule has 0 aliphatic carbocycles. The van der Waals surface area contributed by atoms with Crippen molar-refractivity contribution in [2.24, 2.45) is 0 Å². The van der Waals surface area contributed by atoms with Crippen LogP contribution in [0, 0.1) is 11.3 Å². The summed E-state index contributed by atoms with van der Waals surface area (Å²) in [5.74, 6) is 0.751. The fraction of sp³-hybridized carbons (Fsp3) is 0. The van der Waals surface area contributed by atoms with Gasteiger partial charge >= 0.3 is 0 Å². The van der Waals surface area contributed by atoms with Gasteiger partial charge in [-0.05, 0) is 91.3 Å². The maximum absolute atomic E-state index is 9.32. The third-order valence-corrected chi connectivity index (χ3v) is 8.75. The Balaban J connectivity index is 1.26. The summed E-state index contributed by atoms with van der Waals surface area (Å²) < 4.78 is 0. The molecule has 47 heavy (non-hydrogen) atoms. The number of nitriles is 1. The van der Waals surface area contributed by atoms with Crippen LogP contribution >= 0.6 is 0 Å². The van der Waals surface area contributed by atoms with Gasteiger partial charge in [-0.2, -0.15) is 5.26 Å². The van der Waals surface area contributed by atoms with E-state index in [4.69, 9.17) is 0 Å². The Labute approximate surface area is 274 Å². The summed E-state index contributed by atoms with van der Waals surface area (Å²) in [6.07, 6.45) is 1.62. The highest BCUT2D eigenvalue weighted by molar-refractivity contribution is 6.21. The van der Waals surface area contributed by atoms with Gasteiger partial charge in [0.15, 0.2) is 0 Å². The van der Waals surface area contributed by atoms with Crippen LogP contribution in [0.5, 0.6) is 0 Å². The zero-order valence-electron chi connectivity index (χ0n) is 25.6. The van der Waals surface area contributed by atoms with E-state index in [9.17, 15) is 5.26 Å². The lowest BCUT2D eigenvalue weighted by molar-refractivity contribution is 1.17. The Morgan fingerprint density at radius 3 is 1.32 bits per heavy atom. The Morgan fingerprint density at radius 1 is 0.404 bits per heavy atom. The monoisotopic (exact) mass is 599 g/mol. The molecule has 7 aromatic carbocycles. The van der Waals surface area contributed by atoms with E-state index in [-0.39, 0.29) is 0 Å². The second kappa shape index (κ2) is 12.1. The van der Waals surface area contributed by atoms with Crippen molar-refractivity contribution in [3.63, 3.8) is 0 Å². The largest absolute Gasteiger partial charge is 0.295 e. The summed E-state index contributed by atoms with van der Waals surface area (Å²) in [4.78, 5) is 6.74. The Bertz CT molecular complexity index is 2320. The van der Waals surface area contributed by atoms with E-state index in [0.29, 0.717) is 5.56 Å². The lowest BCUT2D eigenvalue weighted by Gasteiger charge is -2.24. The summed E-state index contributed by atoms with van der Waals surface area (Å²) >= 11 is 0. The molecule has 0 spiro atoms. The zero-order valence-corrected chi connectivity index (χ0v) is 25.6. The molecule has 3 heteroatoms. The SMILES string of the molecule is N#Cc1ccc(N(c2ccccc2)c2ccc(-c3c4ccccc4c(-c4ccc(-c5ccccc5)cc4)c4ccccc34)cc2)nc1. The van der Waals surface area contributed by atoms with Crippen LogP contribution in [0.3, 0.4) is 0 Å². The Kier molecular flexibility index (Phi) is 7.22. The molecule has 0 bridgehead atoms. The van der Waals surface area contributed by atoms with Crippen molar-refractivity contribution in [1.29, 1.82) is 5.26 Å².